The molecule has 0 bridgehead atoms. The number of anilines is 1. The van der Waals surface area contributed by atoms with Crippen molar-refractivity contribution in [2.45, 2.75) is 17.2 Å². The van der Waals surface area contributed by atoms with Gasteiger partial charge in [-0.15, -0.1) is 22.9 Å². The van der Waals surface area contributed by atoms with Gasteiger partial charge in [0.15, 0.2) is 11.5 Å². The summed E-state index contributed by atoms with van der Waals surface area (Å²) in [5.74, 6) is 1.96. The predicted octanol–water partition coefficient (Wildman–Crippen LogP) is 4.76. The fraction of sp³-hybridized carbons (Fsp3) is 0.190. The fourth-order valence-corrected chi connectivity index (χ4v) is 6.82. The van der Waals surface area contributed by atoms with Crippen LogP contribution in [0.4, 0.5) is 5.88 Å². The summed E-state index contributed by atoms with van der Waals surface area (Å²) in [4.78, 5) is 0.800. The largest absolute Gasteiger partial charge is 0.495 e. The molecule has 1 N–H and O–H groups in total. The zero-order valence-electron chi connectivity index (χ0n) is 16.8. The lowest BCUT2D eigenvalue weighted by molar-refractivity contribution is 0.174. The number of thiophene rings is 1. The van der Waals surface area contributed by atoms with E-state index in [0.717, 1.165) is 10.3 Å². The number of sulfonamides is 1. The van der Waals surface area contributed by atoms with Crippen LogP contribution in [0.5, 0.6) is 17.2 Å². The quantitative estimate of drug-likeness (QED) is 0.371. The Hall–Kier alpha value is -2.95. The predicted molar refractivity (Wildman–Crippen MR) is 121 cm³/mol. The van der Waals surface area contributed by atoms with Crippen LogP contribution in [0, 0.1) is 0 Å². The summed E-state index contributed by atoms with van der Waals surface area (Å²) in [5, 5.41) is 4.20. The van der Waals surface area contributed by atoms with Crippen molar-refractivity contribution < 1.29 is 27.2 Å². The van der Waals surface area contributed by atoms with Crippen LogP contribution in [0.25, 0.3) is 10.1 Å². The SMILES string of the molecule is COc1cccc2c(S(=O)(=O)Nc3oncc3CCl)c(Cc3ccc4c(c3)OCO4)sc12. The number of nitrogens with zero attached hydrogens (tertiary/aromatic N) is 1. The van der Waals surface area contributed by atoms with Crippen molar-refractivity contribution in [2.24, 2.45) is 0 Å². The normalized spacial score (nSPS) is 12.9. The van der Waals surface area contributed by atoms with Crippen LogP contribution < -0.4 is 18.9 Å². The van der Waals surface area contributed by atoms with E-state index in [1.807, 2.05) is 18.2 Å². The van der Waals surface area contributed by atoms with Gasteiger partial charge in [0.05, 0.1) is 29.5 Å². The summed E-state index contributed by atoms with van der Waals surface area (Å²) in [6, 6.07) is 10.9. The van der Waals surface area contributed by atoms with E-state index >= 15 is 0 Å². The lowest BCUT2D eigenvalue weighted by Crippen LogP contribution is -2.14. The zero-order chi connectivity index (χ0) is 22.3. The molecule has 0 amide bonds. The third-order valence-corrected chi connectivity index (χ3v) is 8.10. The average molecular weight is 493 g/mol. The summed E-state index contributed by atoms with van der Waals surface area (Å²) in [7, 11) is -2.47. The Kier molecular flexibility index (Phi) is 5.36. The molecule has 166 valence electrons. The third-order valence-electron chi connectivity index (χ3n) is 5.01. The second-order valence-electron chi connectivity index (χ2n) is 6.97. The van der Waals surface area contributed by atoms with E-state index in [1.54, 1.807) is 25.3 Å². The first kappa shape index (κ1) is 20.9. The Morgan fingerprint density at radius 1 is 1.22 bits per heavy atom. The molecule has 0 fully saturated rings. The molecule has 5 rings (SSSR count). The molecule has 3 heterocycles. The molecule has 32 heavy (non-hydrogen) atoms. The second-order valence-corrected chi connectivity index (χ2v) is 9.97. The number of methoxy groups -OCH3 is 1. The van der Waals surface area contributed by atoms with Gasteiger partial charge in [-0.25, -0.2) is 13.1 Å². The molecule has 1 aliphatic heterocycles. The Labute approximate surface area is 192 Å². The first-order valence-electron chi connectivity index (χ1n) is 9.49. The molecule has 0 saturated carbocycles. The lowest BCUT2D eigenvalue weighted by atomic mass is 10.1. The molecule has 0 unspecified atom stereocenters. The highest BCUT2D eigenvalue weighted by atomic mass is 35.5. The molecule has 0 saturated heterocycles. The number of ether oxygens (including phenoxy) is 3. The van der Waals surface area contributed by atoms with Gasteiger partial charge in [-0.2, -0.15) is 0 Å². The summed E-state index contributed by atoms with van der Waals surface area (Å²) in [6.45, 7) is 0.169. The number of alkyl halides is 1. The fourth-order valence-electron chi connectivity index (χ4n) is 3.54. The molecular formula is C21H17ClN2O6S2. The number of hydrogen-bond acceptors (Lipinski definition) is 8. The molecule has 0 aliphatic carbocycles. The number of benzene rings is 2. The summed E-state index contributed by atoms with van der Waals surface area (Å²) < 4.78 is 51.7. The van der Waals surface area contributed by atoms with E-state index in [9.17, 15) is 8.42 Å². The molecule has 2 aromatic heterocycles. The van der Waals surface area contributed by atoms with E-state index in [0.29, 0.717) is 39.5 Å². The van der Waals surface area contributed by atoms with Crippen LogP contribution in [0.2, 0.25) is 0 Å². The Bertz CT molecular complexity index is 1410. The second kappa shape index (κ2) is 8.19. The molecule has 0 atom stereocenters. The molecule has 4 aromatic rings. The van der Waals surface area contributed by atoms with E-state index in [1.165, 1.54) is 17.5 Å². The highest BCUT2D eigenvalue weighted by Gasteiger charge is 2.28. The Morgan fingerprint density at radius 3 is 2.88 bits per heavy atom. The minimum atomic E-state index is -4.03. The number of rotatable bonds is 7. The van der Waals surface area contributed by atoms with Gasteiger partial charge in [-0.1, -0.05) is 23.4 Å². The van der Waals surface area contributed by atoms with Gasteiger partial charge >= 0.3 is 0 Å². The standard InChI is InChI=1S/C21H17ClN2O6S2/c1-27-16-4-2-3-14-19(16)31-18(8-12-5-6-15-17(7-12)29-11-28-15)20(14)32(25,26)24-21-13(9-22)10-23-30-21/h2-7,10,24H,8-9,11H2,1H3. The van der Waals surface area contributed by atoms with Crippen molar-refractivity contribution in [2.75, 3.05) is 18.6 Å². The van der Waals surface area contributed by atoms with Gasteiger partial charge in [0.1, 0.15) is 10.6 Å². The smallest absolute Gasteiger partial charge is 0.266 e. The summed E-state index contributed by atoms with van der Waals surface area (Å²) in [6.07, 6.45) is 1.75. The Morgan fingerprint density at radius 2 is 2.06 bits per heavy atom. The van der Waals surface area contributed by atoms with Crippen molar-refractivity contribution in [3.8, 4) is 17.2 Å². The molecule has 11 heteroatoms. The maximum absolute atomic E-state index is 13.5. The minimum Gasteiger partial charge on any atom is -0.495 e. The summed E-state index contributed by atoms with van der Waals surface area (Å²) >= 11 is 7.24. The number of fused-ring (bicyclic) bond motifs is 2. The molecule has 0 spiro atoms. The molecular weight excluding hydrogens is 476 g/mol. The molecule has 8 nitrogen and oxygen atoms in total. The van der Waals surface area contributed by atoms with Crippen LogP contribution in [0.1, 0.15) is 16.0 Å². The molecule has 0 radical (unpaired) electrons. The highest BCUT2D eigenvalue weighted by Crippen LogP contribution is 2.42. The third kappa shape index (κ3) is 3.64. The number of hydrogen-bond donors (Lipinski definition) is 1. The first-order valence-corrected chi connectivity index (χ1v) is 12.3. The maximum atomic E-state index is 13.5. The highest BCUT2D eigenvalue weighted by molar-refractivity contribution is 7.93. The minimum absolute atomic E-state index is 0.00345. The average Bonchev–Trinajstić information content (AvgIpc) is 3.50. The van der Waals surface area contributed by atoms with Gasteiger partial charge < -0.3 is 18.7 Å². The first-order chi connectivity index (χ1) is 15.5. The van der Waals surface area contributed by atoms with Gasteiger partial charge in [-0.05, 0) is 23.8 Å². The van der Waals surface area contributed by atoms with Crippen LogP contribution in [-0.4, -0.2) is 27.5 Å². The van der Waals surface area contributed by atoms with Crippen molar-refractivity contribution in [1.29, 1.82) is 0 Å². The number of nitrogens with one attached hydrogen (secondary N) is 1. The van der Waals surface area contributed by atoms with Crippen LogP contribution in [-0.2, 0) is 22.3 Å². The zero-order valence-corrected chi connectivity index (χ0v) is 19.1. The lowest BCUT2D eigenvalue weighted by Gasteiger charge is -2.09. The number of aromatic nitrogens is 1. The van der Waals surface area contributed by atoms with Gasteiger partial charge in [0, 0.05) is 16.7 Å². The van der Waals surface area contributed by atoms with Gasteiger partial charge in [0.25, 0.3) is 10.0 Å². The Balaban J connectivity index is 1.63. The topological polar surface area (TPSA) is 99.9 Å². The summed E-state index contributed by atoms with van der Waals surface area (Å²) in [5.41, 5.74) is 1.34. The van der Waals surface area contributed by atoms with E-state index in [-0.39, 0.29) is 23.5 Å². The van der Waals surface area contributed by atoms with Crippen molar-refractivity contribution in [3.63, 3.8) is 0 Å². The van der Waals surface area contributed by atoms with Gasteiger partial charge in [0.2, 0.25) is 12.7 Å². The van der Waals surface area contributed by atoms with E-state index < -0.39 is 10.0 Å². The van der Waals surface area contributed by atoms with Crippen LogP contribution in [0.15, 0.2) is 52.0 Å². The van der Waals surface area contributed by atoms with Crippen molar-refractivity contribution in [1.82, 2.24) is 5.16 Å². The molecule has 2 aromatic carbocycles. The van der Waals surface area contributed by atoms with Crippen LogP contribution in [0.3, 0.4) is 0 Å². The van der Waals surface area contributed by atoms with Gasteiger partial charge in [-0.3, -0.25) is 0 Å². The monoisotopic (exact) mass is 492 g/mol. The van der Waals surface area contributed by atoms with Crippen molar-refractivity contribution in [3.05, 3.63) is 58.6 Å². The van der Waals surface area contributed by atoms with E-state index in [2.05, 4.69) is 9.88 Å². The number of halogens is 1. The molecule has 1 aliphatic rings. The maximum Gasteiger partial charge on any atom is 0.266 e. The van der Waals surface area contributed by atoms with E-state index in [4.69, 9.17) is 30.3 Å². The van der Waals surface area contributed by atoms with Crippen molar-refractivity contribution >= 4 is 48.9 Å². The van der Waals surface area contributed by atoms with Crippen LogP contribution >= 0.6 is 22.9 Å².